The zero-order chi connectivity index (χ0) is 20.7. The fraction of sp³-hybridized carbons (Fsp3) is 0.455. The molecule has 152 valence electrons. The first-order valence-corrected chi connectivity index (χ1v) is 10.5. The molecule has 0 saturated heterocycles. The van der Waals surface area contributed by atoms with E-state index in [-0.39, 0.29) is 23.1 Å². The van der Waals surface area contributed by atoms with Crippen molar-refractivity contribution in [3.63, 3.8) is 0 Å². The Balaban J connectivity index is 2.06. The van der Waals surface area contributed by atoms with Gasteiger partial charge in [0.05, 0.1) is 12.2 Å². The first-order chi connectivity index (χ1) is 13.3. The van der Waals surface area contributed by atoms with Crippen molar-refractivity contribution < 1.29 is 14.3 Å². The maximum Gasteiger partial charge on any atom is 0.255 e. The first kappa shape index (κ1) is 22.0. The van der Waals surface area contributed by atoms with E-state index in [0.717, 1.165) is 0 Å². The van der Waals surface area contributed by atoms with Crippen LogP contribution in [0.1, 0.15) is 49.9 Å². The maximum atomic E-state index is 12.8. The van der Waals surface area contributed by atoms with Crippen LogP contribution in [0, 0.1) is 5.92 Å². The minimum absolute atomic E-state index is 0.0481. The zero-order valence-corrected chi connectivity index (χ0v) is 18.1. The molecule has 28 heavy (non-hydrogen) atoms. The summed E-state index contributed by atoms with van der Waals surface area (Å²) in [7, 11) is 0. The number of ether oxygens (including phenoxy) is 1. The first-order valence-electron chi connectivity index (χ1n) is 9.60. The topological polar surface area (TPSA) is 67.4 Å². The van der Waals surface area contributed by atoms with Crippen molar-refractivity contribution in [3.05, 3.63) is 52.2 Å². The molecule has 1 heterocycles. The average molecular weight is 403 g/mol. The van der Waals surface area contributed by atoms with Crippen molar-refractivity contribution in [2.24, 2.45) is 5.92 Å². The van der Waals surface area contributed by atoms with E-state index in [1.54, 1.807) is 29.5 Å². The predicted octanol–water partition coefficient (Wildman–Crippen LogP) is 4.00. The van der Waals surface area contributed by atoms with Crippen LogP contribution in [-0.2, 0) is 10.2 Å². The number of para-hydroxylation sites is 1. The van der Waals surface area contributed by atoms with Crippen molar-refractivity contribution in [3.8, 4) is 5.75 Å². The lowest BCUT2D eigenvalue weighted by molar-refractivity contribution is -0.124. The van der Waals surface area contributed by atoms with Gasteiger partial charge in [-0.25, -0.2) is 0 Å². The Morgan fingerprint density at radius 3 is 2.46 bits per heavy atom. The van der Waals surface area contributed by atoms with Crippen LogP contribution in [0.25, 0.3) is 0 Å². The number of carbonyl (C=O) groups excluding carboxylic acids is 2. The van der Waals surface area contributed by atoms with Crippen molar-refractivity contribution in [1.29, 1.82) is 0 Å². The van der Waals surface area contributed by atoms with E-state index in [9.17, 15) is 9.59 Å². The van der Waals surface area contributed by atoms with Crippen molar-refractivity contribution in [2.45, 2.75) is 46.1 Å². The normalized spacial score (nSPS) is 12.5. The van der Waals surface area contributed by atoms with Gasteiger partial charge in [0.2, 0.25) is 5.91 Å². The lowest BCUT2D eigenvalue weighted by Gasteiger charge is -2.27. The van der Waals surface area contributed by atoms with E-state index in [4.69, 9.17) is 4.74 Å². The molecular weight excluding hydrogens is 372 g/mol. The molecule has 0 aliphatic heterocycles. The summed E-state index contributed by atoms with van der Waals surface area (Å²) in [6.07, 6.45) is 0. The van der Waals surface area contributed by atoms with Crippen LogP contribution < -0.4 is 15.4 Å². The Labute approximate surface area is 171 Å². The number of thiophene rings is 1. The molecule has 0 saturated carbocycles. The molecule has 0 bridgehead atoms. The SMILES string of the molecule is CCOc1ccccc1C(=O)NC(C(=O)NCC(C)(C)c1cccs1)C(C)C. The summed E-state index contributed by atoms with van der Waals surface area (Å²) >= 11 is 1.68. The molecule has 2 amide bonds. The smallest absolute Gasteiger partial charge is 0.255 e. The summed E-state index contributed by atoms with van der Waals surface area (Å²) in [4.78, 5) is 26.8. The molecule has 0 fully saturated rings. The van der Waals surface area contributed by atoms with E-state index in [1.807, 2.05) is 38.3 Å². The molecule has 0 spiro atoms. The van der Waals surface area contributed by atoms with Gasteiger partial charge in [-0.1, -0.05) is 45.9 Å². The van der Waals surface area contributed by atoms with Gasteiger partial charge in [-0.05, 0) is 36.4 Å². The quantitative estimate of drug-likeness (QED) is 0.666. The van der Waals surface area contributed by atoms with Gasteiger partial charge in [-0.3, -0.25) is 9.59 Å². The number of benzene rings is 1. The van der Waals surface area contributed by atoms with Gasteiger partial charge in [0.15, 0.2) is 0 Å². The third-order valence-electron chi connectivity index (χ3n) is 4.56. The zero-order valence-electron chi connectivity index (χ0n) is 17.2. The summed E-state index contributed by atoms with van der Waals surface area (Å²) in [5.74, 6) is -0.0189. The van der Waals surface area contributed by atoms with E-state index in [1.165, 1.54) is 4.88 Å². The summed E-state index contributed by atoms with van der Waals surface area (Å²) in [5.41, 5.74) is 0.262. The van der Waals surface area contributed by atoms with Crippen LogP contribution >= 0.6 is 11.3 Å². The highest BCUT2D eigenvalue weighted by Crippen LogP contribution is 2.26. The highest BCUT2D eigenvalue weighted by Gasteiger charge is 2.28. The van der Waals surface area contributed by atoms with E-state index in [2.05, 4.69) is 30.5 Å². The average Bonchev–Trinajstić information content (AvgIpc) is 3.20. The predicted molar refractivity (Wildman–Crippen MR) is 114 cm³/mol. The Hall–Kier alpha value is -2.34. The Bertz CT molecular complexity index is 785. The van der Waals surface area contributed by atoms with Gasteiger partial charge in [0, 0.05) is 16.8 Å². The standard InChI is InChI=1S/C22H30N2O3S/c1-6-27-17-11-8-7-10-16(17)20(25)24-19(15(2)3)21(26)23-14-22(4,5)18-12-9-13-28-18/h7-13,15,19H,6,14H2,1-5H3,(H,23,26)(H,24,25). The maximum absolute atomic E-state index is 12.8. The van der Waals surface area contributed by atoms with Crippen LogP contribution in [0.15, 0.2) is 41.8 Å². The van der Waals surface area contributed by atoms with Gasteiger partial charge in [-0.15, -0.1) is 11.3 Å². The number of hydrogen-bond acceptors (Lipinski definition) is 4. The van der Waals surface area contributed by atoms with Gasteiger partial charge in [0.25, 0.3) is 5.91 Å². The molecule has 2 N–H and O–H groups in total. The summed E-state index contributed by atoms with van der Waals surface area (Å²) in [6, 6.07) is 10.5. The number of hydrogen-bond donors (Lipinski definition) is 2. The molecule has 2 aromatic rings. The third kappa shape index (κ3) is 5.58. The molecule has 1 aromatic heterocycles. The lowest BCUT2D eigenvalue weighted by atomic mass is 9.91. The second kappa shape index (κ2) is 9.73. The van der Waals surface area contributed by atoms with E-state index in [0.29, 0.717) is 24.5 Å². The largest absolute Gasteiger partial charge is 0.493 e. The fourth-order valence-electron chi connectivity index (χ4n) is 2.86. The summed E-state index contributed by atoms with van der Waals surface area (Å²) in [6.45, 7) is 10.9. The number of amides is 2. The third-order valence-corrected chi connectivity index (χ3v) is 5.80. The molecule has 1 aromatic carbocycles. The number of carbonyl (C=O) groups is 2. The molecule has 0 aliphatic carbocycles. The molecule has 0 aliphatic rings. The summed E-state index contributed by atoms with van der Waals surface area (Å²) < 4.78 is 5.53. The summed E-state index contributed by atoms with van der Waals surface area (Å²) in [5, 5.41) is 7.92. The Morgan fingerprint density at radius 1 is 1.14 bits per heavy atom. The number of nitrogens with one attached hydrogen (secondary N) is 2. The van der Waals surface area contributed by atoms with Gasteiger partial charge in [0.1, 0.15) is 11.8 Å². The van der Waals surface area contributed by atoms with Crippen molar-refractivity contribution in [1.82, 2.24) is 10.6 Å². The van der Waals surface area contributed by atoms with Gasteiger partial charge < -0.3 is 15.4 Å². The Kier molecular flexibility index (Phi) is 7.63. The molecule has 2 rings (SSSR count). The van der Waals surface area contributed by atoms with E-state index >= 15 is 0 Å². The fourth-order valence-corrected chi connectivity index (χ4v) is 3.71. The molecule has 5 nitrogen and oxygen atoms in total. The molecular formula is C22H30N2O3S. The highest BCUT2D eigenvalue weighted by atomic mass is 32.1. The molecule has 0 radical (unpaired) electrons. The minimum atomic E-state index is -0.624. The molecule has 6 heteroatoms. The minimum Gasteiger partial charge on any atom is -0.493 e. The van der Waals surface area contributed by atoms with E-state index < -0.39 is 6.04 Å². The number of rotatable bonds is 9. The highest BCUT2D eigenvalue weighted by molar-refractivity contribution is 7.10. The second-order valence-electron chi connectivity index (χ2n) is 7.70. The molecule has 1 unspecified atom stereocenters. The lowest BCUT2D eigenvalue weighted by Crippen LogP contribution is -2.51. The monoisotopic (exact) mass is 402 g/mol. The van der Waals surface area contributed by atoms with Crippen molar-refractivity contribution >= 4 is 23.2 Å². The van der Waals surface area contributed by atoms with Crippen LogP contribution in [-0.4, -0.2) is 31.0 Å². The van der Waals surface area contributed by atoms with Crippen LogP contribution in [0.2, 0.25) is 0 Å². The van der Waals surface area contributed by atoms with Gasteiger partial charge >= 0.3 is 0 Å². The van der Waals surface area contributed by atoms with Crippen LogP contribution in [0.5, 0.6) is 5.75 Å². The second-order valence-corrected chi connectivity index (χ2v) is 8.65. The van der Waals surface area contributed by atoms with Crippen molar-refractivity contribution in [2.75, 3.05) is 13.2 Å². The van der Waals surface area contributed by atoms with Crippen LogP contribution in [0.3, 0.4) is 0 Å². The van der Waals surface area contributed by atoms with Gasteiger partial charge in [-0.2, -0.15) is 0 Å². The Morgan fingerprint density at radius 2 is 1.86 bits per heavy atom. The molecule has 1 atom stereocenters. The van der Waals surface area contributed by atoms with Crippen LogP contribution in [0.4, 0.5) is 0 Å².